The zero-order chi connectivity index (χ0) is 11.8. The molecule has 0 aliphatic heterocycles. The van der Waals surface area contributed by atoms with Crippen molar-refractivity contribution >= 4 is 11.6 Å². The summed E-state index contributed by atoms with van der Waals surface area (Å²) in [5, 5.41) is 8.82. The average Bonchev–Trinajstić information content (AvgIpc) is 2.08. The Bertz CT molecular complexity index is 388. The van der Waals surface area contributed by atoms with Crippen molar-refractivity contribution in [1.82, 2.24) is 0 Å². The predicted octanol–water partition coefficient (Wildman–Crippen LogP) is 2.60. The van der Waals surface area contributed by atoms with E-state index < -0.39 is 22.9 Å². The first kappa shape index (κ1) is 12.2. The van der Waals surface area contributed by atoms with Gasteiger partial charge in [0.05, 0.1) is 5.02 Å². The molecule has 1 aromatic rings. The maximum absolute atomic E-state index is 13.3. The summed E-state index contributed by atoms with van der Waals surface area (Å²) in [4.78, 5) is 0. The number of hydrogen-bond donors (Lipinski definition) is 2. The van der Waals surface area contributed by atoms with E-state index in [4.69, 9.17) is 22.4 Å². The van der Waals surface area contributed by atoms with Gasteiger partial charge in [-0.05, 0) is 31.9 Å². The first-order chi connectivity index (χ1) is 6.72. The minimum absolute atomic E-state index is 0.0581. The lowest BCUT2D eigenvalue weighted by Crippen LogP contribution is -2.34. The van der Waals surface area contributed by atoms with Gasteiger partial charge in [-0.2, -0.15) is 4.39 Å². The molecule has 5 heteroatoms. The lowest BCUT2D eigenvalue weighted by molar-refractivity contribution is 0.399. The number of hydrogen-bond acceptors (Lipinski definition) is 2. The summed E-state index contributed by atoms with van der Waals surface area (Å²) in [6.45, 7) is 3.37. The number of phenolic OH excluding ortho intramolecular Hbond substituents is 1. The second-order valence-electron chi connectivity index (χ2n) is 4.16. The molecule has 0 atom stereocenters. The van der Waals surface area contributed by atoms with Crippen molar-refractivity contribution in [2.75, 3.05) is 0 Å². The van der Waals surface area contributed by atoms with E-state index in [9.17, 15) is 8.78 Å². The molecule has 0 bridgehead atoms. The van der Waals surface area contributed by atoms with Gasteiger partial charge in [0, 0.05) is 5.54 Å². The smallest absolute Gasteiger partial charge is 0.202 e. The van der Waals surface area contributed by atoms with Crippen LogP contribution in [0.3, 0.4) is 0 Å². The molecule has 0 aromatic heterocycles. The van der Waals surface area contributed by atoms with Crippen LogP contribution in [-0.2, 0) is 6.42 Å². The zero-order valence-corrected chi connectivity index (χ0v) is 9.20. The molecule has 0 saturated carbocycles. The van der Waals surface area contributed by atoms with E-state index >= 15 is 0 Å². The third kappa shape index (κ3) is 2.79. The molecule has 1 rings (SSSR count). The van der Waals surface area contributed by atoms with E-state index in [2.05, 4.69) is 0 Å². The van der Waals surface area contributed by atoms with E-state index in [1.54, 1.807) is 13.8 Å². The molecule has 0 radical (unpaired) electrons. The minimum Gasteiger partial charge on any atom is -0.504 e. The summed E-state index contributed by atoms with van der Waals surface area (Å²) in [6, 6.07) is 1.18. The van der Waals surface area contributed by atoms with Gasteiger partial charge >= 0.3 is 0 Å². The van der Waals surface area contributed by atoms with Gasteiger partial charge in [0.15, 0.2) is 11.6 Å². The first-order valence-corrected chi connectivity index (χ1v) is 4.74. The van der Waals surface area contributed by atoms with Crippen molar-refractivity contribution in [3.8, 4) is 5.75 Å². The third-order valence-electron chi connectivity index (χ3n) is 1.86. The fourth-order valence-electron chi connectivity index (χ4n) is 1.25. The van der Waals surface area contributed by atoms with Crippen molar-refractivity contribution in [1.29, 1.82) is 0 Å². The molecule has 0 fully saturated rings. The van der Waals surface area contributed by atoms with Crippen LogP contribution in [0.4, 0.5) is 8.78 Å². The molecule has 0 aliphatic carbocycles. The van der Waals surface area contributed by atoms with E-state index in [0.29, 0.717) is 0 Å². The number of rotatable bonds is 2. The van der Waals surface area contributed by atoms with E-state index in [0.717, 1.165) is 0 Å². The highest BCUT2D eigenvalue weighted by molar-refractivity contribution is 6.32. The van der Waals surface area contributed by atoms with Crippen LogP contribution >= 0.6 is 11.6 Å². The van der Waals surface area contributed by atoms with Gasteiger partial charge in [-0.1, -0.05) is 11.6 Å². The maximum Gasteiger partial charge on any atom is 0.202 e. The SMILES string of the molecule is CC(C)(N)Cc1cc(Cl)c(O)c(F)c1F. The fourth-order valence-corrected chi connectivity index (χ4v) is 1.47. The van der Waals surface area contributed by atoms with Gasteiger partial charge in [0.25, 0.3) is 0 Å². The van der Waals surface area contributed by atoms with Gasteiger partial charge in [-0.25, -0.2) is 4.39 Å². The number of aromatic hydroxyl groups is 1. The molecule has 0 amide bonds. The van der Waals surface area contributed by atoms with Gasteiger partial charge in [0.1, 0.15) is 0 Å². The molecular formula is C10H12ClF2NO. The monoisotopic (exact) mass is 235 g/mol. The Morgan fingerprint density at radius 1 is 1.40 bits per heavy atom. The number of nitrogens with two attached hydrogens (primary N) is 1. The highest BCUT2D eigenvalue weighted by Gasteiger charge is 2.21. The molecule has 84 valence electrons. The van der Waals surface area contributed by atoms with Crippen molar-refractivity contribution < 1.29 is 13.9 Å². The fraction of sp³-hybridized carbons (Fsp3) is 0.400. The Labute approximate surface area is 91.7 Å². The predicted molar refractivity (Wildman–Crippen MR) is 55.0 cm³/mol. The van der Waals surface area contributed by atoms with E-state index in [1.807, 2.05) is 0 Å². The van der Waals surface area contributed by atoms with Crippen LogP contribution in [0.25, 0.3) is 0 Å². The van der Waals surface area contributed by atoms with Crippen LogP contribution in [0.1, 0.15) is 19.4 Å². The first-order valence-electron chi connectivity index (χ1n) is 4.36. The van der Waals surface area contributed by atoms with Crippen LogP contribution < -0.4 is 5.73 Å². The number of halogens is 3. The van der Waals surface area contributed by atoms with Gasteiger partial charge in [0.2, 0.25) is 5.82 Å². The molecule has 2 nitrogen and oxygen atoms in total. The van der Waals surface area contributed by atoms with Gasteiger partial charge in [-0.15, -0.1) is 0 Å². The third-order valence-corrected chi connectivity index (χ3v) is 2.14. The summed E-state index contributed by atoms with van der Waals surface area (Å²) in [5.74, 6) is -3.30. The Morgan fingerprint density at radius 2 is 1.93 bits per heavy atom. The van der Waals surface area contributed by atoms with Crippen molar-refractivity contribution in [2.45, 2.75) is 25.8 Å². The summed E-state index contributed by atoms with van der Waals surface area (Å²) in [5.41, 5.74) is 5.06. The standard InChI is InChI=1S/C10H12ClF2NO/c1-10(2,14)4-5-3-6(11)9(15)8(13)7(5)12/h3,15H,4,14H2,1-2H3. The minimum atomic E-state index is -1.33. The normalized spacial score (nSPS) is 11.9. The van der Waals surface area contributed by atoms with Crippen LogP contribution in [-0.4, -0.2) is 10.6 Å². The van der Waals surface area contributed by atoms with E-state index in [1.165, 1.54) is 6.07 Å². The van der Waals surface area contributed by atoms with Crippen LogP contribution in [0.5, 0.6) is 5.75 Å². The van der Waals surface area contributed by atoms with Crippen LogP contribution in [0.15, 0.2) is 6.07 Å². The van der Waals surface area contributed by atoms with Crippen LogP contribution in [0, 0.1) is 11.6 Å². The average molecular weight is 236 g/mol. The molecule has 0 heterocycles. The molecule has 0 aliphatic rings. The highest BCUT2D eigenvalue weighted by atomic mass is 35.5. The Balaban J connectivity index is 3.21. The number of phenols is 1. The molecule has 15 heavy (non-hydrogen) atoms. The van der Waals surface area contributed by atoms with Crippen molar-refractivity contribution in [2.24, 2.45) is 5.73 Å². The molecule has 1 aromatic carbocycles. The van der Waals surface area contributed by atoms with Gasteiger partial charge < -0.3 is 10.8 Å². The Hall–Kier alpha value is -0.870. The Kier molecular flexibility index (Phi) is 3.21. The quantitative estimate of drug-likeness (QED) is 0.774. The highest BCUT2D eigenvalue weighted by Crippen LogP contribution is 2.31. The summed E-state index contributed by atoms with van der Waals surface area (Å²) in [6.07, 6.45) is 0.135. The Morgan fingerprint density at radius 3 is 2.40 bits per heavy atom. The van der Waals surface area contributed by atoms with Gasteiger partial charge in [-0.3, -0.25) is 0 Å². The largest absolute Gasteiger partial charge is 0.504 e. The van der Waals surface area contributed by atoms with Crippen LogP contribution in [0.2, 0.25) is 5.02 Å². The zero-order valence-electron chi connectivity index (χ0n) is 8.44. The number of benzene rings is 1. The second-order valence-corrected chi connectivity index (χ2v) is 4.57. The maximum atomic E-state index is 13.3. The van der Waals surface area contributed by atoms with Crippen molar-refractivity contribution in [3.05, 3.63) is 28.3 Å². The lowest BCUT2D eigenvalue weighted by Gasteiger charge is -2.19. The summed E-state index contributed by atoms with van der Waals surface area (Å²) < 4.78 is 26.4. The van der Waals surface area contributed by atoms with E-state index in [-0.39, 0.29) is 17.0 Å². The molecule has 3 N–H and O–H groups in total. The molecule has 0 spiro atoms. The molecule has 0 saturated heterocycles. The summed E-state index contributed by atoms with van der Waals surface area (Å²) >= 11 is 5.52. The second kappa shape index (κ2) is 3.94. The summed E-state index contributed by atoms with van der Waals surface area (Å²) in [7, 11) is 0. The molecule has 0 unspecified atom stereocenters. The topological polar surface area (TPSA) is 46.2 Å². The molecular weight excluding hydrogens is 224 g/mol. The van der Waals surface area contributed by atoms with Crippen molar-refractivity contribution in [3.63, 3.8) is 0 Å². The lowest BCUT2D eigenvalue weighted by atomic mass is 9.95.